The van der Waals surface area contributed by atoms with Crippen molar-refractivity contribution < 1.29 is 9.72 Å². The number of rotatable bonds is 4. The molecule has 1 rings (SSSR count). The summed E-state index contributed by atoms with van der Waals surface area (Å²) in [6.07, 6.45) is 4.30. The fraction of sp³-hybridized carbons (Fsp3) is 0.111. The molecule has 0 spiro atoms. The first-order chi connectivity index (χ1) is 7.11. The highest BCUT2D eigenvalue weighted by Gasteiger charge is 2.10. The maximum absolute atomic E-state index is 10.5. The minimum atomic E-state index is -0.579. The molecule has 0 aliphatic rings. The van der Waals surface area contributed by atoms with E-state index >= 15 is 0 Å². The summed E-state index contributed by atoms with van der Waals surface area (Å²) in [4.78, 5) is 24.0. The minimum absolute atomic E-state index is 0.0477. The van der Waals surface area contributed by atoms with Gasteiger partial charge in [-0.1, -0.05) is 6.08 Å². The van der Waals surface area contributed by atoms with Gasteiger partial charge in [0.05, 0.1) is 5.56 Å². The van der Waals surface area contributed by atoms with Crippen molar-refractivity contribution in [2.75, 3.05) is 0 Å². The van der Waals surface area contributed by atoms with E-state index in [1.807, 2.05) is 0 Å². The van der Waals surface area contributed by atoms with Crippen LogP contribution in [0.3, 0.4) is 0 Å². The molecule has 0 radical (unpaired) electrons. The minimum Gasteiger partial charge on any atom is -0.369 e. The molecule has 1 amide bonds. The third kappa shape index (κ3) is 3.18. The molecule has 0 saturated heterocycles. The number of nitrogens with zero attached hydrogens (tertiary/aromatic N) is 2. The Hall–Kier alpha value is -2.24. The predicted molar refractivity (Wildman–Crippen MR) is 53.7 cm³/mol. The van der Waals surface area contributed by atoms with Crippen molar-refractivity contribution in [2.45, 2.75) is 6.42 Å². The Morgan fingerprint density at radius 3 is 3.00 bits per heavy atom. The first-order valence-electron chi connectivity index (χ1n) is 4.15. The number of aromatic nitrogens is 1. The summed E-state index contributed by atoms with van der Waals surface area (Å²) in [6, 6.07) is 3.12. The number of amides is 1. The molecule has 6 heteroatoms. The first kappa shape index (κ1) is 10.8. The van der Waals surface area contributed by atoms with Crippen LogP contribution in [0.4, 0.5) is 5.82 Å². The highest BCUT2D eigenvalue weighted by Crippen LogP contribution is 2.15. The number of nitrogens with two attached hydrogens (primary N) is 1. The van der Waals surface area contributed by atoms with E-state index < -0.39 is 10.8 Å². The Morgan fingerprint density at radius 1 is 1.67 bits per heavy atom. The van der Waals surface area contributed by atoms with Crippen molar-refractivity contribution in [3.8, 4) is 0 Å². The average Bonchev–Trinajstić information content (AvgIpc) is 2.17. The first-order valence-corrected chi connectivity index (χ1v) is 4.15. The lowest BCUT2D eigenvalue weighted by molar-refractivity contribution is -0.389. The number of hydrogen-bond donors (Lipinski definition) is 1. The van der Waals surface area contributed by atoms with E-state index in [1.54, 1.807) is 12.1 Å². The van der Waals surface area contributed by atoms with Gasteiger partial charge in [-0.25, -0.2) is 0 Å². The quantitative estimate of drug-likeness (QED) is 0.585. The second kappa shape index (κ2) is 4.85. The molecular weight excluding hydrogens is 198 g/mol. The van der Waals surface area contributed by atoms with Crippen LogP contribution in [0.2, 0.25) is 0 Å². The summed E-state index contributed by atoms with van der Waals surface area (Å²) < 4.78 is 0. The van der Waals surface area contributed by atoms with Gasteiger partial charge in [0.25, 0.3) is 0 Å². The Kier molecular flexibility index (Phi) is 3.50. The molecule has 78 valence electrons. The fourth-order valence-electron chi connectivity index (χ4n) is 0.994. The van der Waals surface area contributed by atoms with Crippen LogP contribution >= 0.6 is 0 Å². The molecule has 15 heavy (non-hydrogen) atoms. The van der Waals surface area contributed by atoms with E-state index in [-0.39, 0.29) is 12.2 Å². The normalized spacial score (nSPS) is 10.4. The largest absolute Gasteiger partial charge is 0.370 e. The second-order valence-corrected chi connectivity index (χ2v) is 2.75. The van der Waals surface area contributed by atoms with Gasteiger partial charge in [0.15, 0.2) is 0 Å². The summed E-state index contributed by atoms with van der Waals surface area (Å²) in [5.74, 6) is -0.726. The van der Waals surface area contributed by atoms with Gasteiger partial charge < -0.3 is 15.8 Å². The standard InChI is InChI=1S/C9H9N3O3/c10-8(13)5-1-3-7-4-2-6-11-9(7)12(14)15/h1-4,6H,5H2,(H2,10,13). The number of carbonyl (C=O) groups excluding carboxylic acids is 1. The molecule has 1 aromatic heterocycles. The maximum atomic E-state index is 10.5. The van der Waals surface area contributed by atoms with Crippen molar-refractivity contribution in [3.05, 3.63) is 40.1 Å². The molecule has 6 nitrogen and oxygen atoms in total. The van der Waals surface area contributed by atoms with Crippen LogP contribution in [0, 0.1) is 10.1 Å². The summed E-state index contributed by atoms with van der Waals surface area (Å²) in [5.41, 5.74) is 5.27. The van der Waals surface area contributed by atoms with E-state index in [2.05, 4.69) is 4.98 Å². The van der Waals surface area contributed by atoms with Crippen molar-refractivity contribution in [3.63, 3.8) is 0 Å². The predicted octanol–water partition coefficient (Wildman–Crippen LogP) is 0.878. The molecule has 1 aromatic rings. The molecule has 0 saturated carbocycles. The summed E-state index contributed by atoms with van der Waals surface area (Å²) in [5, 5.41) is 10.5. The number of pyridine rings is 1. The average molecular weight is 207 g/mol. The molecule has 2 N–H and O–H groups in total. The van der Waals surface area contributed by atoms with Crippen molar-refractivity contribution in [2.24, 2.45) is 5.73 Å². The SMILES string of the molecule is NC(=O)CC=Cc1cccnc1[N+](=O)[O-]. The lowest BCUT2D eigenvalue weighted by Crippen LogP contribution is -2.07. The molecule has 0 atom stereocenters. The van der Waals surface area contributed by atoms with Crippen LogP contribution in [-0.4, -0.2) is 15.8 Å². The van der Waals surface area contributed by atoms with Crippen LogP contribution in [0.1, 0.15) is 12.0 Å². The van der Waals surface area contributed by atoms with Gasteiger partial charge in [0, 0.05) is 6.42 Å². The van der Waals surface area contributed by atoms with Gasteiger partial charge >= 0.3 is 5.82 Å². The van der Waals surface area contributed by atoms with Crippen LogP contribution in [-0.2, 0) is 4.79 Å². The van der Waals surface area contributed by atoms with Crippen molar-refractivity contribution >= 4 is 17.8 Å². The molecule has 0 bridgehead atoms. The van der Waals surface area contributed by atoms with Crippen LogP contribution in [0.5, 0.6) is 0 Å². The van der Waals surface area contributed by atoms with Gasteiger partial charge in [0.2, 0.25) is 5.91 Å². The zero-order chi connectivity index (χ0) is 11.3. The summed E-state index contributed by atoms with van der Waals surface area (Å²) >= 11 is 0. The van der Waals surface area contributed by atoms with Crippen molar-refractivity contribution in [1.82, 2.24) is 4.98 Å². The molecule has 1 heterocycles. The van der Waals surface area contributed by atoms with Gasteiger partial charge in [-0.05, 0) is 28.1 Å². The Morgan fingerprint density at radius 2 is 2.40 bits per heavy atom. The van der Waals surface area contributed by atoms with E-state index in [9.17, 15) is 14.9 Å². The number of carbonyl (C=O) groups is 1. The third-order valence-electron chi connectivity index (χ3n) is 1.61. The molecule has 0 aliphatic heterocycles. The monoisotopic (exact) mass is 207 g/mol. The van der Waals surface area contributed by atoms with Crippen molar-refractivity contribution in [1.29, 1.82) is 0 Å². The lowest BCUT2D eigenvalue weighted by atomic mass is 10.2. The highest BCUT2D eigenvalue weighted by molar-refractivity contribution is 5.76. The second-order valence-electron chi connectivity index (χ2n) is 2.75. The van der Waals surface area contributed by atoms with E-state index in [4.69, 9.17) is 5.73 Å². The Labute approximate surface area is 85.6 Å². The van der Waals surface area contributed by atoms with Gasteiger partial charge in [-0.3, -0.25) is 4.79 Å². The molecule has 0 unspecified atom stereocenters. The zero-order valence-electron chi connectivity index (χ0n) is 7.79. The van der Waals surface area contributed by atoms with Gasteiger partial charge in [-0.2, -0.15) is 0 Å². The maximum Gasteiger partial charge on any atom is 0.370 e. The molecule has 0 aliphatic carbocycles. The number of nitro groups is 1. The number of hydrogen-bond acceptors (Lipinski definition) is 4. The Balaban J connectivity index is 2.89. The van der Waals surface area contributed by atoms with E-state index in [0.29, 0.717) is 5.56 Å². The van der Waals surface area contributed by atoms with Gasteiger partial charge in [0.1, 0.15) is 6.20 Å². The topological polar surface area (TPSA) is 99.1 Å². The molecule has 0 aromatic carbocycles. The fourth-order valence-corrected chi connectivity index (χ4v) is 0.994. The smallest absolute Gasteiger partial charge is 0.369 e. The summed E-state index contributed by atoms with van der Waals surface area (Å²) in [7, 11) is 0. The third-order valence-corrected chi connectivity index (χ3v) is 1.61. The van der Waals surface area contributed by atoms with Gasteiger partial charge in [-0.15, -0.1) is 0 Å². The van der Waals surface area contributed by atoms with E-state index in [0.717, 1.165) is 0 Å². The van der Waals surface area contributed by atoms with Crippen LogP contribution < -0.4 is 5.73 Å². The van der Waals surface area contributed by atoms with Crippen LogP contribution in [0.25, 0.3) is 6.08 Å². The molecule has 0 fully saturated rings. The number of primary amides is 1. The highest BCUT2D eigenvalue weighted by atomic mass is 16.6. The lowest BCUT2D eigenvalue weighted by Gasteiger charge is -1.95. The zero-order valence-corrected chi connectivity index (χ0v) is 7.79. The Bertz CT molecular complexity index is 415. The molecular formula is C9H9N3O3. The van der Waals surface area contributed by atoms with E-state index in [1.165, 1.54) is 18.3 Å². The van der Waals surface area contributed by atoms with Crippen LogP contribution in [0.15, 0.2) is 24.4 Å². The summed E-state index contributed by atoms with van der Waals surface area (Å²) in [6.45, 7) is 0.